The first-order valence-corrected chi connectivity index (χ1v) is 8.19. The highest BCUT2D eigenvalue weighted by atomic mass is 35.5. The first-order chi connectivity index (χ1) is 12.2. The number of fused-ring (bicyclic) bond motifs is 2. The molecule has 122 valence electrons. The average molecular weight is 348 g/mol. The molecule has 0 aliphatic rings. The quantitative estimate of drug-likeness (QED) is 0.458. The van der Waals surface area contributed by atoms with Gasteiger partial charge in [0.15, 0.2) is 0 Å². The molecule has 2 N–H and O–H groups in total. The second-order valence-corrected chi connectivity index (χ2v) is 6.04. The Morgan fingerprint density at radius 3 is 1.92 bits per heavy atom. The van der Waals surface area contributed by atoms with E-state index >= 15 is 0 Å². The van der Waals surface area contributed by atoms with Crippen LogP contribution in [0.15, 0.2) is 72.8 Å². The Bertz CT molecular complexity index is 1020. The molecule has 4 rings (SSSR count). The van der Waals surface area contributed by atoms with Crippen LogP contribution in [-0.2, 0) is 0 Å². The van der Waals surface area contributed by atoms with Crippen molar-refractivity contribution in [3.8, 4) is 0 Å². The molecule has 5 heteroatoms. The molecule has 4 nitrogen and oxygen atoms in total. The smallest absolute Gasteiger partial charge is 0.308 e. The van der Waals surface area contributed by atoms with Gasteiger partial charge in [-0.15, -0.1) is 0 Å². The highest BCUT2D eigenvalue weighted by Gasteiger charge is 2.11. The normalized spacial score (nSPS) is 10.8. The monoisotopic (exact) mass is 347 g/mol. The van der Waals surface area contributed by atoms with E-state index in [-0.39, 0.29) is 6.03 Å². The van der Waals surface area contributed by atoms with E-state index in [1.165, 1.54) is 0 Å². The third-order valence-corrected chi connectivity index (χ3v) is 4.18. The second-order valence-electron chi connectivity index (χ2n) is 5.61. The standard InChI is InChI=1S/C20H14ClN3O/c21-13-9-11-14(12-10-13)22-20(25)24-19-15-5-1-3-7-17(15)23-18-8-4-2-6-16(18)19/h1-12H,(H2,22,23,24,25). The number of halogens is 1. The minimum Gasteiger partial charge on any atom is -0.308 e. The number of aromatic nitrogens is 1. The zero-order valence-corrected chi connectivity index (χ0v) is 13.9. The zero-order chi connectivity index (χ0) is 17.2. The molecule has 0 saturated heterocycles. The van der Waals surface area contributed by atoms with E-state index in [1.807, 2.05) is 48.5 Å². The fourth-order valence-electron chi connectivity index (χ4n) is 2.78. The predicted molar refractivity (Wildman–Crippen MR) is 103 cm³/mol. The van der Waals surface area contributed by atoms with E-state index in [0.29, 0.717) is 10.7 Å². The Morgan fingerprint density at radius 2 is 1.32 bits per heavy atom. The van der Waals surface area contributed by atoms with Crippen LogP contribution in [-0.4, -0.2) is 11.0 Å². The molecule has 0 fully saturated rings. The van der Waals surface area contributed by atoms with Gasteiger partial charge < -0.3 is 10.6 Å². The van der Waals surface area contributed by atoms with Crippen molar-refractivity contribution >= 4 is 50.8 Å². The van der Waals surface area contributed by atoms with Crippen LogP contribution in [0.2, 0.25) is 5.02 Å². The number of nitrogens with one attached hydrogen (secondary N) is 2. The average Bonchev–Trinajstić information content (AvgIpc) is 2.63. The van der Waals surface area contributed by atoms with Crippen molar-refractivity contribution in [2.75, 3.05) is 10.6 Å². The van der Waals surface area contributed by atoms with Crippen molar-refractivity contribution in [3.63, 3.8) is 0 Å². The first-order valence-electron chi connectivity index (χ1n) is 7.82. The minimum atomic E-state index is -0.316. The summed E-state index contributed by atoms with van der Waals surface area (Å²) in [6.45, 7) is 0. The summed E-state index contributed by atoms with van der Waals surface area (Å²) in [7, 11) is 0. The Kier molecular flexibility index (Phi) is 3.96. The number of carbonyl (C=O) groups is 1. The molecule has 1 aromatic heterocycles. The molecular weight excluding hydrogens is 334 g/mol. The number of carbonyl (C=O) groups excluding carboxylic acids is 1. The number of para-hydroxylation sites is 2. The SMILES string of the molecule is O=C(Nc1ccc(Cl)cc1)Nc1c2ccccc2nc2ccccc12. The number of hydrogen-bond donors (Lipinski definition) is 2. The maximum Gasteiger partial charge on any atom is 0.323 e. The maximum atomic E-state index is 12.5. The molecule has 2 amide bonds. The van der Waals surface area contributed by atoms with Crippen LogP contribution >= 0.6 is 11.6 Å². The third kappa shape index (κ3) is 3.12. The number of urea groups is 1. The lowest BCUT2D eigenvalue weighted by Crippen LogP contribution is -2.19. The van der Waals surface area contributed by atoms with E-state index in [1.54, 1.807) is 24.3 Å². The molecule has 1 heterocycles. The lowest BCUT2D eigenvalue weighted by Gasteiger charge is -2.13. The van der Waals surface area contributed by atoms with Crippen LogP contribution in [0.1, 0.15) is 0 Å². The first kappa shape index (κ1) is 15.4. The van der Waals surface area contributed by atoms with E-state index in [2.05, 4.69) is 15.6 Å². The van der Waals surface area contributed by atoms with E-state index in [9.17, 15) is 4.79 Å². The van der Waals surface area contributed by atoms with Crippen molar-refractivity contribution in [1.82, 2.24) is 4.98 Å². The van der Waals surface area contributed by atoms with Crippen LogP contribution in [0.5, 0.6) is 0 Å². The maximum absolute atomic E-state index is 12.5. The molecule has 0 spiro atoms. The van der Waals surface area contributed by atoms with Gasteiger partial charge >= 0.3 is 6.03 Å². The van der Waals surface area contributed by atoms with Gasteiger partial charge in [-0.1, -0.05) is 48.0 Å². The lowest BCUT2D eigenvalue weighted by molar-refractivity contribution is 0.262. The predicted octanol–water partition coefficient (Wildman–Crippen LogP) is 5.69. The number of hydrogen-bond acceptors (Lipinski definition) is 2. The van der Waals surface area contributed by atoms with Gasteiger partial charge in [-0.2, -0.15) is 0 Å². The Balaban J connectivity index is 1.74. The summed E-state index contributed by atoms with van der Waals surface area (Å²) in [6, 6.07) is 22.2. The summed E-state index contributed by atoms with van der Waals surface area (Å²) in [5.74, 6) is 0. The molecule has 0 radical (unpaired) electrons. The molecule has 0 bridgehead atoms. The summed E-state index contributed by atoms with van der Waals surface area (Å²) in [6.07, 6.45) is 0. The van der Waals surface area contributed by atoms with Crippen molar-refractivity contribution in [1.29, 1.82) is 0 Å². The summed E-state index contributed by atoms with van der Waals surface area (Å²) in [5, 5.41) is 8.20. The Morgan fingerprint density at radius 1 is 0.760 bits per heavy atom. The van der Waals surface area contributed by atoms with Crippen molar-refractivity contribution in [2.45, 2.75) is 0 Å². The number of amides is 2. The zero-order valence-electron chi connectivity index (χ0n) is 13.2. The van der Waals surface area contributed by atoms with Gasteiger partial charge in [-0.05, 0) is 36.4 Å². The molecule has 4 aromatic rings. The molecule has 0 aliphatic carbocycles. The number of anilines is 2. The largest absolute Gasteiger partial charge is 0.323 e. The molecule has 25 heavy (non-hydrogen) atoms. The van der Waals surface area contributed by atoms with Crippen LogP contribution in [0.4, 0.5) is 16.2 Å². The highest BCUT2D eigenvalue weighted by molar-refractivity contribution is 6.30. The summed E-state index contributed by atoms with van der Waals surface area (Å²) < 4.78 is 0. The van der Waals surface area contributed by atoms with Gasteiger partial charge in [0.05, 0.1) is 16.7 Å². The molecule has 0 unspecified atom stereocenters. The molecule has 0 aliphatic heterocycles. The molecule has 3 aromatic carbocycles. The molecule has 0 saturated carbocycles. The summed E-state index contributed by atoms with van der Waals surface area (Å²) in [4.78, 5) is 17.1. The van der Waals surface area contributed by atoms with Crippen LogP contribution in [0.25, 0.3) is 21.8 Å². The Labute approximate surface area is 149 Å². The minimum absolute atomic E-state index is 0.316. The fraction of sp³-hybridized carbons (Fsp3) is 0. The highest BCUT2D eigenvalue weighted by Crippen LogP contribution is 2.30. The van der Waals surface area contributed by atoms with Gasteiger partial charge in [0.25, 0.3) is 0 Å². The lowest BCUT2D eigenvalue weighted by atomic mass is 10.1. The number of pyridine rings is 1. The van der Waals surface area contributed by atoms with E-state index in [0.717, 1.165) is 27.5 Å². The van der Waals surface area contributed by atoms with E-state index in [4.69, 9.17) is 11.6 Å². The third-order valence-electron chi connectivity index (χ3n) is 3.93. The fourth-order valence-corrected chi connectivity index (χ4v) is 2.91. The second kappa shape index (κ2) is 6.42. The van der Waals surface area contributed by atoms with Crippen LogP contribution in [0.3, 0.4) is 0 Å². The van der Waals surface area contributed by atoms with Crippen molar-refractivity contribution in [2.24, 2.45) is 0 Å². The van der Waals surface area contributed by atoms with Crippen LogP contribution < -0.4 is 10.6 Å². The van der Waals surface area contributed by atoms with Crippen molar-refractivity contribution < 1.29 is 4.79 Å². The van der Waals surface area contributed by atoms with E-state index < -0.39 is 0 Å². The Hall–Kier alpha value is -3.11. The van der Waals surface area contributed by atoms with Gasteiger partial charge in [-0.3, -0.25) is 0 Å². The van der Waals surface area contributed by atoms with Crippen molar-refractivity contribution in [3.05, 3.63) is 77.8 Å². The van der Waals surface area contributed by atoms with Gasteiger partial charge in [0.1, 0.15) is 0 Å². The van der Waals surface area contributed by atoms with Gasteiger partial charge in [0, 0.05) is 21.5 Å². The van der Waals surface area contributed by atoms with Crippen LogP contribution in [0, 0.1) is 0 Å². The topological polar surface area (TPSA) is 54.0 Å². The number of nitrogens with zero attached hydrogens (tertiary/aromatic N) is 1. The number of benzene rings is 3. The van der Waals surface area contributed by atoms with Gasteiger partial charge in [0.2, 0.25) is 0 Å². The number of rotatable bonds is 2. The summed E-state index contributed by atoms with van der Waals surface area (Å²) >= 11 is 5.87. The molecular formula is C20H14ClN3O. The summed E-state index contributed by atoms with van der Waals surface area (Å²) in [5.41, 5.74) is 3.09. The van der Waals surface area contributed by atoms with Gasteiger partial charge in [-0.25, -0.2) is 9.78 Å². The molecule has 0 atom stereocenters.